The summed E-state index contributed by atoms with van der Waals surface area (Å²) in [5, 5.41) is 0. The zero-order valence-electron chi connectivity index (χ0n) is 20.3. The van der Waals surface area contributed by atoms with Crippen LogP contribution < -0.4 is 4.72 Å². The number of halogens is 3. The molecule has 0 fully saturated rings. The molecule has 3 atom stereocenters. The molecule has 1 unspecified atom stereocenters. The first-order valence-corrected chi connectivity index (χ1v) is 12.8. The van der Waals surface area contributed by atoms with E-state index in [-0.39, 0.29) is 6.42 Å². The van der Waals surface area contributed by atoms with Crippen LogP contribution in [0.5, 0.6) is 0 Å². The Morgan fingerprint density at radius 3 is 1.51 bits per heavy atom. The average Bonchev–Trinajstić information content (AvgIpc) is 2.81. The van der Waals surface area contributed by atoms with Gasteiger partial charge < -0.3 is 0 Å². The number of alkyl halides is 3. The second kappa shape index (κ2) is 12.0. The number of nitrogens with zero attached hydrogens (tertiary/aromatic N) is 1. The molecule has 0 bridgehead atoms. The van der Waals surface area contributed by atoms with E-state index < -0.39 is 34.0 Å². The van der Waals surface area contributed by atoms with Crippen LogP contribution in [0.4, 0.5) is 13.2 Å². The largest absolute Gasteiger partial charge is 0.406 e. The highest BCUT2D eigenvalue weighted by molar-refractivity contribution is 7.84. The normalized spacial score (nSPS) is 15.1. The number of hydrogen-bond acceptors (Lipinski definition) is 2. The summed E-state index contributed by atoms with van der Waals surface area (Å²) in [5.74, 6) is 0. The molecule has 0 aromatic heterocycles. The minimum atomic E-state index is -4.61. The fourth-order valence-electron chi connectivity index (χ4n) is 3.90. The molecule has 188 valence electrons. The Kier molecular flexibility index (Phi) is 9.27. The van der Waals surface area contributed by atoms with Crippen LogP contribution in [-0.2, 0) is 30.5 Å². The van der Waals surface area contributed by atoms with E-state index in [9.17, 15) is 17.4 Å². The van der Waals surface area contributed by atoms with Crippen LogP contribution in [0.15, 0.2) is 91.0 Å². The predicted molar refractivity (Wildman–Crippen MR) is 137 cm³/mol. The first-order valence-electron chi connectivity index (χ1n) is 11.6. The van der Waals surface area contributed by atoms with E-state index in [1.165, 1.54) is 0 Å². The molecule has 35 heavy (non-hydrogen) atoms. The lowest BCUT2D eigenvalue weighted by molar-refractivity contribution is -0.167. The lowest BCUT2D eigenvalue weighted by atomic mass is 9.96. The fraction of sp³-hybridized carbons (Fsp3) is 0.357. The van der Waals surface area contributed by atoms with Crippen molar-refractivity contribution < 1.29 is 17.4 Å². The summed E-state index contributed by atoms with van der Waals surface area (Å²) in [4.78, 5) is 1.85. The van der Waals surface area contributed by atoms with E-state index in [1.54, 1.807) is 20.8 Å². The fourth-order valence-corrected chi connectivity index (χ4v) is 4.77. The van der Waals surface area contributed by atoms with E-state index in [1.807, 2.05) is 95.9 Å². The highest BCUT2D eigenvalue weighted by Crippen LogP contribution is 2.30. The quantitative estimate of drug-likeness (QED) is 0.354. The van der Waals surface area contributed by atoms with Gasteiger partial charge in [-0.05, 0) is 43.9 Å². The molecule has 0 aliphatic carbocycles. The Morgan fingerprint density at radius 2 is 1.14 bits per heavy atom. The Hall–Kier alpha value is -2.48. The third-order valence-corrected chi connectivity index (χ3v) is 7.32. The minimum absolute atomic E-state index is 0.152. The second-order valence-corrected chi connectivity index (χ2v) is 11.6. The van der Waals surface area contributed by atoms with Crippen molar-refractivity contribution >= 4 is 11.0 Å². The summed E-state index contributed by atoms with van der Waals surface area (Å²) >= 11 is 0. The maximum atomic E-state index is 14.6. The molecule has 0 spiro atoms. The minimum Gasteiger partial charge on any atom is -0.290 e. The van der Waals surface area contributed by atoms with Crippen molar-refractivity contribution in [2.24, 2.45) is 0 Å². The molecule has 0 amide bonds. The van der Waals surface area contributed by atoms with Crippen LogP contribution in [0.2, 0.25) is 0 Å². The van der Waals surface area contributed by atoms with E-state index in [0.717, 1.165) is 16.7 Å². The van der Waals surface area contributed by atoms with Crippen molar-refractivity contribution in [1.29, 1.82) is 0 Å². The summed E-state index contributed by atoms with van der Waals surface area (Å²) in [7, 11) is -1.90. The van der Waals surface area contributed by atoms with Gasteiger partial charge in [0.05, 0.1) is 15.7 Å². The standard InChI is InChI=1S/C28H33F3N2OS/c1-27(2,3)35(34)32-26(28(29,30)31)25(19-22-13-7-4-8-14-22)33(20-23-15-9-5-10-16-23)21-24-17-11-6-12-18-24/h4-18,25-26,32H,19-21H2,1-3H3/t25-,26+,35?/m0/s1. The molecular weight excluding hydrogens is 469 g/mol. The summed E-state index contributed by atoms with van der Waals surface area (Å²) in [6, 6.07) is 25.2. The smallest absolute Gasteiger partial charge is 0.290 e. The van der Waals surface area contributed by atoms with Gasteiger partial charge in [-0.2, -0.15) is 13.2 Å². The molecule has 0 aliphatic rings. The van der Waals surface area contributed by atoms with Gasteiger partial charge in [0.2, 0.25) is 0 Å². The Bertz CT molecular complexity index is 1010. The zero-order chi connectivity index (χ0) is 25.5. The van der Waals surface area contributed by atoms with Crippen LogP contribution in [0, 0.1) is 0 Å². The topological polar surface area (TPSA) is 32.3 Å². The average molecular weight is 503 g/mol. The highest BCUT2D eigenvalue weighted by atomic mass is 32.2. The third kappa shape index (κ3) is 8.30. The van der Waals surface area contributed by atoms with Crippen LogP contribution in [0.1, 0.15) is 37.5 Å². The second-order valence-electron chi connectivity index (χ2n) is 9.65. The maximum Gasteiger partial charge on any atom is 0.406 e. The van der Waals surface area contributed by atoms with E-state index >= 15 is 0 Å². The van der Waals surface area contributed by atoms with Crippen molar-refractivity contribution in [3.05, 3.63) is 108 Å². The van der Waals surface area contributed by atoms with E-state index in [0.29, 0.717) is 13.1 Å². The Balaban J connectivity index is 2.07. The summed E-state index contributed by atoms with van der Waals surface area (Å²) in [6.07, 6.45) is -4.45. The molecule has 0 saturated carbocycles. The van der Waals surface area contributed by atoms with Crippen LogP contribution in [0.25, 0.3) is 0 Å². The lowest BCUT2D eigenvalue weighted by Gasteiger charge is -2.39. The molecule has 3 aromatic rings. The van der Waals surface area contributed by atoms with Gasteiger partial charge in [-0.1, -0.05) is 91.0 Å². The molecule has 0 heterocycles. The van der Waals surface area contributed by atoms with Gasteiger partial charge in [0.1, 0.15) is 6.04 Å². The Labute approximate surface area is 209 Å². The van der Waals surface area contributed by atoms with Crippen molar-refractivity contribution in [3.8, 4) is 0 Å². The van der Waals surface area contributed by atoms with Gasteiger partial charge in [-0.15, -0.1) is 0 Å². The first kappa shape index (κ1) is 27.1. The number of benzene rings is 3. The summed E-state index contributed by atoms with van der Waals surface area (Å²) in [5.41, 5.74) is 2.62. The predicted octanol–water partition coefficient (Wildman–Crippen LogP) is 6.28. The zero-order valence-corrected chi connectivity index (χ0v) is 21.2. The number of nitrogens with one attached hydrogen (secondary N) is 1. The highest BCUT2D eigenvalue weighted by Gasteiger charge is 2.48. The van der Waals surface area contributed by atoms with Crippen LogP contribution in [-0.4, -0.2) is 32.1 Å². The maximum absolute atomic E-state index is 14.6. The van der Waals surface area contributed by atoms with Crippen molar-refractivity contribution in [2.45, 2.75) is 63.3 Å². The van der Waals surface area contributed by atoms with Gasteiger partial charge >= 0.3 is 6.18 Å². The molecule has 1 N–H and O–H groups in total. The van der Waals surface area contributed by atoms with Crippen LogP contribution in [0.3, 0.4) is 0 Å². The molecule has 0 saturated heterocycles. The van der Waals surface area contributed by atoms with E-state index in [4.69, 9.17) is 0 Å². The monoisotopic (exact) mass is 502 g/mol. The first-order chi connectivity index (χ1) is 16.5. The molecule has 0 aliphatic heterocycles. The van der Waals surface area contributed by atoms with Gasteiger partial charge in [-0.25, -0.2) is 8.93 Å². The lowest BCUT2D eigenvalue weighted by Crippen LogP contribution is -2.59. The molecule has 0 radical (unpaired) electrons. The molecule has 3 rings (SSSR count). The van der Waals surface area contributed by atoms with Gasteiger partial charge in [0.15, 0.2) is 0 Å². The Morgan fingerprint density at radius 1 is 0.743 bits per heavy atom. The number of hydrogen-bond donors (Lipinski definition) is 1. The van der Waals surface area contributed by atoms with Crippen LogP contribution >= 0.6 is 0 Å². The molecular formula is C28H33F3N2OS. The van der Waals surface area contributed by atoms with Gasteiger partial charge in [0.25, 0.3) is 0 Å². The summed E-state index contributed by atoms with van der Waals surface area (Å²) < 4.78 is 58.4. The van der Waals surface area contributed by atoms with Gasteiger partial charge in [-0.3, -0.25) is 4.90 Å². The van der Waals surface area contributed by atoms with Gasteiger partial charge in [0, 0.05) is 19.1 Å². The SMILES string of the molecule is CC(C)(C)S(=O)N[C@H]([C@H](Cc1ccccc1)N(Cc1ccccc1)Cc1ccccc1)C(F)(F)F. The van der Waals surface area contributed by atoms with Crippen molar-refractivity contribution in [1.82, 2.24) is 9.62 Å². The molecule has 3 aromatic carbocycles. The van der Waals surface area contributed by atoms with Crippen molar-refractivity contribution in [2.75, 3.05) is 0 Å². The number of rotatable bonds is 10. The molecule has 7 heteroatoms. The summed E-state index contributed by atoms with van der Waals surface area (Å²) in [6.45, 7) is 5.65. The molecule has 3 nitrogen and oxygen atoms in total. The van der Waals surface area contributed by atoms with Crippen molar-refractivity contribution in [3.63, 3.8) is 0 Å². The van der Waals surface area contributed by atoms with E-state index in [2.05, 4.69) is 4.72 Å². The third-order valence-electron chi connectivity index (χ3n) is 5.74.